The van der Waals surface area contributed by atoms with Crippen LogP contribution in [0.5, 0.6) is 5.75 Å². The van der Waals surface area contributed by atoms with E-state index in [0.29, 0.717) is 12.2 Å². The Hall–Kier alpha value is -1.35. The summed E-state index contributed by atoms with van der Waals surface area (Å²) in [4.78, 5) is 11.5. The van der Waals surface area contributed by atoms with Crippen molar-refractivity contribution >= 4 is 5.97 Å². The molecular weight excluding hydrogens is 178 g/mol. The van der Waals surface area contributed by atoms with Gasteiger partial charge in [0.25, 0.3) is 0 Å². The lowest BCUT2D eigenvalue weighted by Crippen LogP contribution is -2.46. The molecule has 1 unspecified atom stereocenters. The summed E-state index contributed by atoms with van der Waals surface area (Å²) in [6.45, 7) is 3.52. The van der Waals surface area contributed by atoms with Crippen molar-refractivity contribution < 1.29 is 9.53 Å². The smallest absolute Gasteiger partial charge is 0.331 e. The largest absolute Gasteiger partial charge is 0.425 e. The van der Waals surface area contributed by atoms with Crippen LogP contribution in [0.3, 0.4) is 0 Å². The average Bonchev–Trinajstić information content (AvgIpc) is 2.19. The summed E-state index contributed by atoms with van der Waals surface area (Å²) in [5, 5.41) is 0. The Morgan fingerprint density at radius 1 is 1.43 bits per heavy atom. The minimum absolute atomic E-state index is 0.397. The molecule has 0 saturated carbocycles. The SMILES string of the molecule is CCC(C)(N)C(=O)Oc1ccccc1. The molecule has 0 fully saturated rings. The molecule has 0 bridgehead atoms. The molecule has 14 heavy (non-hydrogen) atoms. The van der Waals surface area contributed by atoms with Gasteiger partial charge >= 0.3 is 5.97 Å². The fourth-order valence-electron chi connectivity index (χ4n) is 0.856. The van der Waals surface area contributed by atoms with Crippen LogP contribution in [0.4, 0.5) is 0 Å². The van der Waals surface area contributed by atoms with Crippen molar-refractivity contribution in [3.8, 4) is 5.75 Å². The third kappa shape index (κ3) is 2.57. The van der Waals surface area contributed by atoms with Crippen LogP contribution in [-0.4, -0.2) is 11.5 Å². The van der Waals surface area contributed by atoms with E-state index in [1.807, 2.05) is 25.1 Å². The van der Waals surface area contributed by atoms with Crippen LogP contribution in [0.25, 0.3) is 0 Å². The quantitative estimate of drug-likeness (QED) is 0.587. The Bertz CT molecular complexity index is 306. The van der Waals surface area contributed by atoms with Gasteiger partial charge in [0.05, 0.1) is 0 Å². The van der Waals surface area contributed by atoms with Crippen LogP contribution < -0.4 is 10.5 Å². The molecule has 0 aliphatic carbocycles. The fourth-order valence-corrected chi connectivity index (χ4v) is 0.856. The summed E-state index contributed by atoms with van der Waals surface area (Å²) in [6, 6.07) is 8.93. The van der Waals surface area contributed by atoms with Gasteiger partial charge in [-0.1, -0.05) is 25.1 Å². The molecule has 0 spiro atoms. The summed E-state index contributed by atoms with van der Waals surface area (Å²) in [6.07, 6.45) is 0.554. The topological polar surface area (TPSA) is 52.3 Å². The summed E-state index contributed by atoms with van der Waals surface area (Å²) in [5.74, 6) is 0.133. The maximum atomic E-state index is 11.5. The normalized spacial score (nSPS) is 14.5. The van der Waals surface area contributed by atoms with Gasteiger partial charge in [0, 0.05) is 0 Å². The van der Waals surface area contributed by atoms with E-state index in [-0.39, 0.29) is 0 Å². The molecule has 0 radical (unpaired) electrons. The van der Waals surface area contributed by atoms with E-state index >= 15 is 0 Å². The van der Waals surface area contributed by atoms with Gasteiger partial charge in [-0.2, -0.15) is 0 Å². The Morgan fingerprint density at radius 3 is 2.50 bits per heavy atom. The van der Waals surface area contributed by atoms with Gasteiger partial charge in [0.1, 0.15) is 11.3 Å². The standard InChI is InChI=1S/C11H15NO2/c1-3-11(2,12)10(13)14-9-7-5-4-6-8-9/h4-8H,3,12H2,1-2H3. The number of hydrogen-bond acceptors (Lipinski definition) is 3. The fraction of sp³-hybridized carbons (Fsp3) is 0.364. The number of rotatable bonds is 3. The predicted octanol–water partition coefficient (Wildman–Crippen LogP) is 1.72. The number of hydrogen-bond donors (Lipinski definition) is 1. The maximum Gasteiger partial charge on any atom is 0.331 e. The molecular formula is C11H15NO2. The highest BCUT2D eigenvalue weighted by molar-refractivity contribution is 5.82. The zero-order valence-corrected chi connectivity index (χ0v) is 8.49. The monoisotopic (exact) mass is 193 g/mol. The number of carbonyl (C=O) groups is 1. The third-order valence-corrected chi connectivity index (χ3v) is 2.15. The molecule has 1 aromatic rings. The van der Waals surface area contributed by atoms with Crippen molar-refractivity contribution in [1.82, 2.24) is 0 Å². The molecule has 0 aromatic heterocycles. The van der Waals surface area contributed by atoms with E-state index in [1.165, 1.54) is 0 Å². The van der Waals surface area contributed by atoms with E-state index in [9.17, 15) is 4.79 Å². The van der Waals surface area contributed by atoms with Crippen molar-refractivity contribution in [2.24, 2.45) is 5.73 Å². The van der Waals surface area contributed by atoms with Crippen LogP contribution in [0.1, 0.15) is 20.3 Å². The van der Waals surface area contributed by atoms with Crippen LogP contribution >= 0.6 is 0 Å². The highest BCUT2D eigenvalue weighted by atomic mass is 16.5. The summed E-state index contributed by atoms with van der Waals surface area (Å²) >= 11 is 0. The van der Waals surface area contributed by atoms with Gasteiger partial charge in [0.15, 0.2) is 0 Å². The Labute approximate surface area is 83.9 Å². The number of ether oxygens (including phenoxy) is 1. The minimum Gasteiger partial charge on any atom is -0.425 e. The van der Waals surface area contributed by atoms with E-state index in [0.717, 1.165) is 0 Å². The maximum absolute atomic E-state index is 11.5. The van der Waals surface area contributed by atoms with Crippen molar-refractivity contribution in [3.63, 3.8) is 0 Å². The predicted molar refractivity (Wildman–Crippen MR) is 55.0 cm³/mol. The molecule has 0 saturated heterocycles. The second-order valence-corrected chi connectivity index (χ2v) is 3.47. The third-order valence-electron chi connectivity index (χ3n) is 2.15. The van der Waals surface area contributed by atoms with E-state index in [1.54, 1.807) is 19.1 Å². The molecule has 1 atom stereocenters. The second kappa shape index (κ2) is 4.24. The molecule has 1 rings (SSSR count). The zero-order valence-electron chi connectivity index (χ0n) is 8.49. The first-order valence-corrected chi connectivity index (χ1v) is 4.62. The highest BCUT2D eigenvalue weighted by Crippen LogP contribution is 2.13. The first kappa shape index (κ1) is 10.7. The highest BCUT2D eigenvalue weighted by Gasteiger charge is 2.28. The lowest BCUT2D eigenvalue weighted by Gasteiger charge is -2.19. The number of carbonyl (C=O) groups excluding carboxylic acids is 1. The van der Waals surface area contributed by atoms with Crippen LogP contribution in [-0.2, 0) is 4.79 Å². The molecule has 0 aliphatic rings. The van der Waals surface area contributed by atoms with Gasteiger partial charge in [-0.3, -0.25) is 0 Å². The summed E-state index contributed by atoms with van der Waals surface area (Å²) in [7, 11) is 0. The summed E-state index contributed by atoms with van der Waals surface area (Å²) < 4.78 is 5.11. The van der Waals surface area contributed by atoms with E-state index in [2.05, 4.69) is 0 Å². The molecule has 3 nitrogen and oxygen atoms in total. The van der Waals surface area contributed by atoms with E-state index in [4.69, 9.17) is 10.5 Å². The number of esters is 1. The number of para-hydroxylation sites is 1. The van der Waals surface area contributed by atoms with Gasteiger partial charge in [0.2, 0.25) is 0 Å². The molecule has 0 amide bonds. The molecule has 3 heteroatoms. The molecule has 2 N–H and O–H groups in total. The molecule has 0 heterocycles. The average molecular weight is 193 g/mol. The second-order valence-electron chi connectivity index (χ2n) is 3.47. The lowest BCUT2D eigenvalue weighted by molar-refractivity contribution is -0.139. The van der Waals surface area contributed by atoms with Crippen LogP contribution in [0, 0.1) is 0 Å². The molecule has 0 aliphatic heterocycles. The van der Waals surface area contributed by atoms with Gasteiger partial charge < -0.3 is 10.5 Å². The van der Waals surface area contributed by atoms with Crippen molar-refractivity contribution in [1.29, 1.82) is 0 Å². The van der Waals surface area contributed by atoms with Gasteiger partial charge in [-0.05, 0) is 25.5 Å². The van der Waals surface area contributed by atoms with E-state index < -0.39 is 11.5 Å². The molecule has 76 valence electrons. The lowest BCUT2D eigenvalue weighted by atomic mass is 10.0. The van der Waals surface area contributed by atoms with Gasteiger partial charge in [-0.15, -0.1) is 0 Å². The minimum atomic E-state index is -0.907. The van der Waals surface area contributed by atoms with Crippen molar-refractivity contribution in [2.75, 3.05) is 0 Å². The first-order chi connectivity index (χ1) is 6.56. The van der Waals surface area contributed by atoms with Crippen LogP contribution in [0.2, 0.25) is 0 Å². The first-order valence-electron chi connectivity index (χ1n) is 4.62. The van der Waals surface area contributed by atoms with Crippen molar-refractivity contribution in [2.45, 2.75) is 25.8 Å². The number of nitrogens with two attached hydrogens (primary N) is 1. The zero-order chi connectivity index (χ0) is 10.6. The van der Waals surface area contributed by atoms with Gasteiger partial charge in [-0.25, -0.2) is 4.79 Å². The Morgan fingerprint density at radius 2 is 2.00 bits per heavy atom. The summed E-state index contributed by atoms with van der Waals surface area (Å²) in [5.41, 5.74) is 4.83. The molecule has 1 aromatic carbocycles. The van der Waals surface area contributed by atoms with Crippen molar-refractivity contribution in [3.05, 3.63) is 30.3 Å². The number of benzene rings is 1. The Kier molecular flexibility index (Phi) is 3.25. The van der Waals surface area contributed by atoms with Crippen LogP contribution in [0.15, 0.2) is 30.3 Å². The Balaban J connectivity index is 2.67.